The number of aryl methyl sites for hydroxylation is 1. The third kappa shape index (κ3) is 3.09. The van der Waals surface area contributed by atoms with E-state index in [2.05, 4.69) is 23.2 Å². The zero-order valence-electron chi connectivity index (χ0n) is 16.5. The molecule has 0 radical (unpaired) electrons. The van der Waals surface area contributed by atoms with Gasteiger partial charge < -0.3 is 24.7 Å². The van der Waals surface area contributed by atoms with E-state index >= 15 is 0 Å². The van der Waals surface area contributed by atoms with Gasteiger partial charge in [-0.15, -0.1) is 5.10 Å². The topological polar surface area (TPSA) is 115 Å². The molecule has 0 saturated heterocycles. The maximum atomic E-state index is 9.82. The fourth-order valence-electron chi connectivity index (χ4n) is 3.52. The van der Waals surface area contributed by atoms with Crippen LogP contribution in [0.3, 0.4) is 0 Å². The molecule has 0 spiro atoms. The number of rotatable bonds is 7. The third-order valence-electron chi connectivity index (χ3n) is 4.84. The lowest BCUT2D eigenvalue weighted by Crippen LogP contribution is -2.22. The number of nitrogens with two attached hydrogens (primary N) is 1. The Morgan fingerprint density at radius 1 is 1.21 bits per heavy atom. The molecule has 0 bridgehead atoms. The molecule has 3 rings (SSSR count). The molecule has 8 nitrogen and oxygen atoms in total. The lowest BCUT2D eigenvalue weighted by atomic mass is 9.82. The smallest absolute Gasteiger partial charge is 0.244 e. The summed E-state index contributed by atoms with van der Waals surface area (Å²) >= 11 is 0. The maximum absolute atomic E-state index is 9.82. The largest absolute Gasteiger partial charge is 0.493 e. The van der Waals surface area contributed by atoms with Gasteiger partial charge in [-0.25, -0.2) is 0 Å². The number of unbranched alkanes of at least 4 members (excludes halogenated alkanes) is 1. The second kappa shape index (κ2) is 8.13. The standard InChI is InChI=1S/C20H24N4O4/c1-5-6-7-13-16-15(12(10-21)19(22)28-20(16)24-23-13)11-8-9-14(25-2)18(27-4)17(11)26-3/h8-9,15H,5-7,22H2,1-4H3,(H,23,24). The van der Waals surface area contributed by atoms with Gasteiger partial charge in [0.05, 0.1) is 32.8 Å². The van der Waals surface area contributed by atoms with E-state index in [9.17, 15) is 5.26 Å². The Bertz CT molecular complexity index is 942. The minimum atomic E-state index is -0.492. The second-order valence-electron chi connectivity index (χ2n) is 6.37. The first kappa shape index (κ1) is 19.4. The molecule has 1 aromatic carbocycles. The molecule has 2 heterocycles. The van der Waals surface area contributed by atoms with Gasteiger partial charge >= 0.3 is 0 Å². The van der Waals surface area contributed by atoms with Gasteiger partial charge in [-0.3, -0.25) is 5.10 Å². The van der Waals surface area contributed by atoms with Crippen LogP contribution in [-0.4, -0.2) is 31.5 Å². The molecule has 0 saturated carbocycles. The molecule has 0 amide bonds. The van der Waals surface area contributed by atoms with E-state index in [1.54, 1.807) is 27.4 Å². The Hall–Kier alpha value is -3.34. The van der Waals surface area contributed by atoms with Crippen molar-refractivity contribution in [3.05, 3.63) is 40.4 Å². The summed E-state index contributed by atoms with van der Waals surface area (Å²) in [5, 5.41) is 17.1. The Kier molecular flexibility index (Phi) is 5.64. The predicted octanol–water partition coefficient (Wildman–Crippen LogP) is 3.00. The Morgan fingerprint density at radius 3 is 2.57 bits per heavy atom. The molecule has 28 heavy (non-hydrogen) atoms. The molecular weight excluding hydrogens is 360 g/mol. The molecule has 8 heteroatoms. The van der Waals surface area contributed by atoms with E-state index < -0.39 is 5.92 Å². The first-order valence-electron chi connectivity index (χ1n) is 9.04. The number of hydrogen-bond donors (Lipinski definition) is 2. The summed E-state index contributed by atoms with van der Waals surface area (Å²) < 4.78 is 22.2. The quantitative estimate of drug-likeness (QED) is 0.754. The lowest BCUT2D eigenvalue weighted by Gasteiger charge is -2.26. The van der Waals surface area contributed by atoms with Crippen LogP contribution in [0.2, 0.25) is 0 Å². The van der Waals surface area contributed by atoms with Gasteiger partial charge in [-0.05, 0) is 18.9 Å². The average Bonchev–Trinajstić information content (AvgIpc) is 3.11. The molecule has 1 aliphatic heterocycles. The third-order valence-corrected chi connectivity index (χ3v) is 4.84. The minimum Gasteiger partial charge on any atom is -0.493 e. The zero-order chi connectivity index (χ0) is 20.3. The van der Waals surface area contributed by atoms with E-state index in [-0.39, 0.29) is 5.88 Å². The fraction of sp³-hybridized carbons (Fsp3) is 0.400. The number of methoxy groups -OCH3 is 3. The summed E-state index contributed by atoms with van der Waals surface area (Å²) in [7, 11) is 4.65. The highest BCUT2D eigenvalue weighted by atomic mass is 16.5. The normalized spacial score (nSPS) is 15.5. The minimum absolute atomic E-state index is 0.0328. The monoisotopic (exact) mass is 384 g/mol. The number of nitriles is 1. The number of aromatic amines is 1. The van der Waals surface area contributed by atoms with Crippen LogP contribution in [0, 0.1) is 11.3 Å². The van der Waals surface area contributed by atoms with Gasteiger partial charge in [-0.2, -0.15) is 5.26 Å². The molecule has 1 unspecified atom stereocenters. The molecule has 1 aromatic heterocycles. The van der Waals surface area contributed by atoms with Gasteiger partial charge in [0, 0.05) is 11.3 Å². The Morgan fingerprint density at radius 2 is 1.96 bits per heavy atom. The molecule has 1 atom stereocenters. The highest BCUT2D eigenvalue weighted by Gasteiger charge is 2.37. The van der Waals surface area contributed by atoms with Crippen LogP contribution in [-0.2, 0) is 6.42 Å². The van der Waals surface area contributed by atoms with Crippen molar-refractivity contribution in [3.63, 3.8) is 0 Å². The van der Waals surface area contributed by atoms with Crippen molar-refractivity contribution < 1.29 is 18.9 Å². The highest BCUT2D eigenvalue weighted by Crippen LogP contribution is 2.50. The average molecular weight is 384 g/mol. The van der Waals surface area contributed by atoms with Crippen LogP contribution in [0.4, 0.5) is 0 Å². The van der Waals surface area contributed by atoms with Crippen molar-refractivity contribution in [1.82, 2.24) is 10.2 Å². The zero-order valence-corrected chi connectivity index (χ0v) is 16.5. The van der Waals surface area contributed by atoms with Crippen molar-refractivity contribution in [2.24, 2.45) is 5.73 Å². The van der Waals surface area contributed by atoms with Crippen molar-refractivity contribution in [1.29, 1.82) is 5.26 Å². The summed E-state index contributed by atoms with van der Waals surface area (Å²) in [6.45, 7) is 2.12. The fourth-order valence-corrected chi connectivity index (χ4v) is 3.52. The van der Waals surface area contributed by atoms with Crippen molar-refractivity contribution in [3.8, 4) is 29.2 Å². The molecular formula is C20H24N4O4. The molecule has 1 aliphatic rings. The van der Waals surface area contributed by atoms with Crippen LogP contribution in [0.15, 0.2) is 23.6 Å². The molecule has 148 valence electrons. The summed E-state index contributed by atoms with van der Waals surface area (Å²) in [5.41, 5.74) is 8.78. The SMILES string of the molecule is CCCCc1[nH]nc2c1C(c1ccc(OC)c(OC)c1OC)C(C#N)=C(N)O2. The van der Waals surface area contributed by atoms with E-state index in [0.29, 0.717) is 28.7 Å². The van der Waals surface area contributed by atoms with Crippen LogP contribution < -0.4 is 24.7 Å². The van der Waals surface area contributed by atoms with Crippen LogP contribution in [0.25, 0.3) is 0 Å². The van der Waals surface area contributed by atoms with Crippen molar-refractivity contribution in [2.45, 2.75) is 32.1 Å². The number of hydrogen-bond acceptors (Lipinski definition) is 7. The number of benzene rings is 1. The van der Waals surface area contributed by atoms with Gasteiger partial charge in [0.15, 0.2) is 11.5 Å². The maximum Gasteiger partial charge on any atom is 0.244 e. The van der Waals surface area contributed by atoms with Gasteiger partial charge in [-0.1, -0.05) is 19.4 Å². The van der Waals surface area contributed by atoms with Crippen molar-refractivity contribution >= 4 is 0 Å². The highest BCUT2D eigenvalue weighted by molar-refractivity contribution is 5.64. The molecule has 3 N–H and O–H groups in total. The summed E-state index contributed by atoms with van der Waals surface area (Å²) in [6, 6.07) is 5.82. The number of nitrogens with zero attached hydrogens (tertiary/aromatic N) is 2. The summed E-state index contributed by atoms with van der Waals surface area (Å²) in [5.74, 6) is 1.38. The molecule has 0 aliphatic carbocycles. The Balaban J connectivity index is 2.26. The number of aromatic nitrogens is 2. The number of fused-ring (bicyclic) bond motifs is 1. The number of allylic oxidation sites excluding steroid dienone is 1. The number of H-pyrrole nitrogens is 1. The lowest BCUT2D eigenvalue weighted by molar-refractivity contribution is 0.321. The predicted molar refractivity (Wildman–Crippen MR) is 103 cm³/mol. The van der Waals surface area contributed by atoms with Crippen LogP contribution >= 0.6 is 0 Å². The van der Waals surface area contributed by atoms with E-state index in [1.807, 2.05) is 6.07 Å². The van der Waals surface area contributed by atoms with Crippen LogP contribution in [0.5, 0.6) is 23.1 Å². The second-order valence-corrected chi connectivity index (χ2v) is 6.37. The number of nitrogens with one attached hydrogen (secondary N) is 1. The van der Waals surface area contributed by atoms with E-state index in [1.165, 1.54) is 0 Å². The van der Waals surface area contributed by atoms with Gasteiger partial charge in [0.2, 0.25) is 17.5 Å². The molecule has 0 fully saturated rings. The first-order valence-corrected chi connectivity index (χ1v) is 9.04. The summed E-state index contributed by atoms with van der Waals surface area (Å²) in [4.78, 5) is 0. The van der Waals surface area contributed by atoms with Gasteiger partial charge in [0.25, 0.3) is 0 Å². The van der Waals surface area contributed by atoms with Gasteiger partial charge in [0.1, 0.15) is 11.6 Å². The van der Waals surface area contributed by atoms with E-state index in [4.69, 9.17) is 24.7 Å². The molecule has 2 aromatic rings. The van der Waals surface area contributed by atoms with Crippen LogP contribution in [0.1, 0.15) is 42.5 Å². The first-order chi connectivity index (χ1) is 13.6. The summed E-state index contributed by atoms with van der Waals surface area (Å²) in [6.07, 6.45) is 2.79. The Labute approximate surface area is 163 Å². The van der Waals surface area contributed by atoms with E-state index in [0.717, 1.165) is 36.1 Å². The number of ether oxygens (including phenoxy) is 4. The van der Waals surface area contributed by atoms with Crippen molar-refractivity contribution in [2.75, 3.05) is 21.3 Å².